The van der Waals surface area contributed by atoms with Gasteiger partial charge in [-0.05, 0) is 17.6 Å². The van der Waals surface area contributed by atoms with E-state index in [1.54, 1.807) is 0 Å². The van der Waals surface area contributed by atoms with Crippen LogP contribution in [-0.2, 0) is 11.3 Å². The van der Waals surface area contributed by atoms with Crippen molar-refractivity contribution in [2.24, 2.45) is 0 Å². The van der Waals surface area contributed by atoms with Gasteiger partial charge in [0.15, 0.2) is 0 Å². The van der Waals surface area contributed by atoms with Gasteiger partial charge in [0.25, 0.3) is 0 Å². The van der Waals surface area contributed by atoms with Gasteiger partial charge in [0.05, 0.1) is 0 Å². The van der Waals surface area contributed by atoms with Crippen LogP contribution in [0.1, 0.15) is 12.0 Å². The molecular weight excluding hydrogens is 202 g/mol. The van der Waals surface area contributed by atoms with Gasteiger partial charge in [-0.2, -0.15) is 0 Å². The molecule has 0 amide bonds. The largest absolute Gasteiger partial charge is 0.478 e. The predicted molar refractivity (Wildman–Crippen MR) is 62.1 cm³/mol. The second-order valence-electron chi connectivity index (χ2n) is 4.09. The highest BCUT2D eigenvalue weighted by Crippen LogP contribution is 2.17. The van der Waals surface area contributed by atoms with Crippen molar-refractivity contribution in [3.05, 3.63) is 47.5 Å². The van der Waals surface area contributed by atoms with Crippen molar-refractivity contribution < 1.29 is 9.90 Å². The average molecular weight is 217 g/mol. The van der Waals surface area contributed by atoms with Crippen molar-refractivity contribution in [2.45, 2.75) is 13.0 Å². The fourth-order valence-corrected chi connectivity index (χ4v) is 2.02. The van der Waals surface area contributed by atoms with Crippen LogP contribution in [0.2, 0.25) is 0 Å². The minimum atomic E-state index is -0.837. The second kappa shape index (κ2) is 4.94. The molecule has 1 aliphatic heterocycles. The summed E-state index contributed by atoms with van der Waals surface area (Å²) in [7, 11) is 0. The SMILES string of the molecule is O=C(O)/C=C1/CCN(Cc2ccccc2)C1. The van der Waals surface area contributed by atoms with E-state index in [0.717, 1.165) is 31.6 Å². The molecule has 1 fully saturated rings. The highest BCUT2D eigenvalue weighted by Gasteiger charge is 2.17. The summed E-state index contributed by atoms with van der Waals surface area (Å²) < 4.78 is 0. The molecule has 0 aromatic heterocycles. The van der Waals surface area contributed by atoms with Crippen molar-refractivity contribution in [2.75, 3.05) is 13.1 Å². The van der Waals surface area contributed by atoms with Crippen LogP contribution < -0.4 is 0 Å². The van der Waals surface area contributed by atoms with Gasteiger partial charge in [-0.25, -0.2) is 4.79 Å². The monoisotopic (exact) mass is 217 g/mol. The summed E-state index contributed by atoms with van der Waals surface area (Å²) in [5.74, 6) is -0.837. The number of benzene rings is 1. The number of carbonyl (C=O) groups is 1. The molecule has 1 N–H and O–H groups in total. The first-order valence-electron chi connectivity index (χ1n) is 5.43. The Kier molecular flexibility index (Phi) is 3.37. The molecule has 0 atom stereocenters. The van der Waals surface area contributed by atoms with E-state index in [0.29, 0.717) is 0 Å². The third-order valence-corrected chi connectivity index (χ3v) is 2.75. The van der Waals surface area contributed by atoms with Crippen LogP contribution in [0, 0.1) is 0 Å². The van der Waals surface area contributed by atoms with Gasteiger partial charge in [0, 0.05) is 25.7 Å². The summed E-state index contributed by atoms with van der Waals surface area (Å²) >= 11 is 0. The number of aliphatic carboxylic acids is 1. The molecule has 1 saturated heterocycles. The number of likely N-dealkylation sites (tertiary alicyclic amines) is 1. The molecule has 3 heteroatoms. The number of carboxylic acids is 1. The molecule has 84 valence electrons. The van der Waals surface area contributed by atoms with Gasteiger partial charge in [-0.3, -0.25) is 4.90 Å². The van der Waals surface area contributed by atoms with E-state index in [1.807, 2.05) is 18.2 Å². The summed E-state index contributed by atoms with van der Waals surface area (Å²) in [6.45, 7) is 2.63. The van der Waals surface area contributed by atoms with E-state index < -0.39 is 5.97 Å². The standard InChI is InChI=1S/C13H15NO2/c15-13(16)8-12-6-7-14(10-12)9-11-4-2-1-3-5-11/h1-5,8H,6-7,9-10H2,(H,15,16)/b12-8-. The maximum atomic E-state index is 10.5. The number of hydrogen-bond donors (Lipinski definition) is 1. The number of rotatable bonds is 3. The van der Waals surface area contributed by atoms with Crippen LogP contribution in [0.25, 0.3) is 0 Å². The number of nitrogens with zero attached hydrogens (tertiary/aromatic N) is 1. The summed E-state index contributed by atoms with van der Waals surface area (Å²) in [4.78, 5) is 12.8. The average Bonchev–Trinajstić information content (AvgIpc) is 2.66. The fraction of sp³-hybridized carbons (Fsp3) is 0.308. The molecule has 0 saturated carbocycles. The molecule has 2 rings (SSSR count). The van der Waals surface area contributed by atoms with Gasteiger partial charge in [-0.15, -0.1) is 0 Å². The Bertz CT molecular complexity index is 398. The smallest absolute Gasteiger partial charge is 0.328 e. The Labute approximate surface area is 95.0 Å². The summed E-state index contributed by atoms with van der Waals surface area (Å²) in [6.07, 6.45) is 2.21. The highest BCUT2D eigenvalue weighted by molar-refractivity contribution is 5.80. The van der Waals surface area contributed by atoms with E-state index in [-0.39, 0.29) is 0 Å². The van der Waals surface area contributed by atoms with Crippen LogP contribution in [-0.4, -0.2) is 29.1 Å². The Morgan fingerprint density at radius 1 is 1.38 bits per heavy atom. The van der Waals surface area contributed by atoms with Crippen LogP contribution >= 0.6 is 0 Å². The third-order valence-electron chi connectivity index (χ3n) is 2.75. The molecule has 0 aliphatic carbocycles. The van der Waals surface area contributed by atoms with Crippen molar-refractivity contribution >= 4 is 5.97 Å². The molecule has 0 radical (unpaired) electrons. The van der Waals surface area contributed by atoms with Crippen LogP contribution in [0.15, 0.2) is 42.0 Å². The van der Waals surface area contributed by atoms with Gasteiger partial charge in [-0.1, -0.05) is 30.3 Å². The normalized spacial score (nSPS) is 19.1. The van der Waals surface area contributed by atoms with Crippen molar-refractivity contribution in [1.82, 2.24) is 4.90 Å². The topological polar surface area (TPSA) is 40.5 Å². The molecule has 1 aromatic carbocycles. The quantitative estimate of drug-likeness (QED) is 0.786. The zero-order valence-electron chi connectivity index (χ0n) is 9.10. The lowest BCUT2D eigenvalue weighted by Crippen LogP contribution is -2.18. The van der Waals surface area contributed by atoms with E-state index in [2.05, 4.69) is 17.0 Å². The lowest BCUT2D eigenvalue weighted by molar-refractivity contribution is -0.131. The molecule has 1 heterocycles. The minimum absolute atomic E-state index is 0.779. The Morgan fingerprint density at radius 2 is 2.12 bits per heavy atom. The van der Waals surface area contributed by atoms with E-state index >= 15 is 0 Å². The predicted octanol–water partition coefficient (Wildman–Crippen LogP) is 1.90. The second-order valence-corrected chi connectivity index (χ2v) is 4.09. The number of hydrogen-bond acceptors (Lipinski definition) is 2. The summed E-state index contributed by atoms with van der Waals surface area (Å²) in [6, 6.07) is 10.2. The molecule has 3 nitrogen and oxygen atoms in total. The molecule has 1 aromatic rings. The van der Waals surface area contributed by atoms with Crippen molar-refractivity contribution in [3.63, 3.8) is 0 Å². The van der Waals surface area contributed by atoms with E-state index in [9.17, 15) is 4.79 Å². The Hall–Kier alpha value is -1.61. The minimum Gasteiger partial charge on any atom is -0.478 e. The maximum absolute atomic E-state index is 10.5. The molecule has 16 heavy (non-hydrogen) atoms. The first-order chi connectivity index (χ1) is 7.74. The molecule has 0 bridgehead atoms. The zero-order valence-corrected chi connectivity index (χ0v) is 9.10. The van der Waals surface area contributed by atoms with Crippen molar-refractivity contribution in [1.29, 1.82) is 0 Å². The third kappa shape index (κ3) is 2.94. The highest BCUT2D eigenvalue weighted by atomic mass is 16.4. The maximum Gasteiger partial charge on any atom is 0.328 e. The van der Waals surface area contributed by atoms with Crippen LogP contribution in [0.5, 0.6) is 0 Å². The van der Waals surface area contributed by atoms with Crippen LogP contribution in [0.4, 0.5) is 0 Å². The van der Waals surface area contributed by atoms with E-state index in [4.69, 9.17) is 5.11 Å². The van der Waals surface area contributed by atoms with Gasteiger partial charge in [0.1, 0.15) is 0 Å². The summed E-state index contributed by atoms with van der Waals surface area (Å²) in [5, 5.41) is 8.65. The molecular formula is C13H15NO2. The molecule has 1 aliphatic rings. The molecule has 0 spiro atoms. The first kappa shape index (κ1) is 10.9. The summed E-state index contributed by atoms with van der Waals surface area (Å²) in [5.41, 5.74) is 2.29. The lowest BCUT2D eigenvalue weighted by atomic mass is 10.2. The Balaban J connectivity index is 1.93. The van der Waals surface area contributed by atoms with E-state index in [1.165, 1.54) is 11.6 Å². The zero-order chi connectivity index (χ0) is 11.4. The molecule has 0 unspecified atom stereocenters. The lowest BCUT2D eigenvalue weighted by Gasteiger charge is -2.13. The van der Waals surface area contributed by atoms with Gasteiger partial charge in [0.2, 0.25) is 0 Å². The van der Waals surface area contributed by atoms with Crippen molar-refractivity contribution in [3.8, 4) is 0 Å². The first-order valence-corrected chi connectivity index (χ1v) is 5.43. The van der Waals surface area contributed by atoms with Gasteiger partial charge < -0.3 is 5.11 Å². The van der Waals surface area contributed by atoms with Gasteiger partial charge >= 0.3 is 5.97 Å². The Morgan fingerprint density at radius 3 is 2.81 bits per heavy atom. The van der Waals surface area contributed by atoms with Crippen LogP contribution in [0.3, 0.4) is 0 Å². The number of carboxylic acid groups (broad SMARTS) is 1. The fourth-order valence-electron chi connectivity index (χ4n) is 2.02.